The number of aliphatic hydroxyl groups is 7. The van der Waals surface area contributed by atoms with Crippen LogP contribution in [0.3, 0.4) is 0 Å². The lowest BCUT2D eigenvalue weighted by atomic mass is 9.98. The lowest BCUT2D eigenvalue weighted by Crippen LogP contribution is -2.60. The normalized spacial score (nSPS) is 21.3. The van der Waals surface area contributed by atoms with E-state index in [1.807, 2.05) is 0 Å². The van der Waals surface area contributed by atoms with E-state index in [0.717, 1.165) is 51.4 Å². The van der Waals surface area contributed by atoms with Gasteiger partial charge in [-0.3, -0.25) is 4.79 Å². The predicted octanol–water partition coefficient (Wildman–Crippen LogP) is 9.62. The summed E-state index contributed by atoms with van der Waals surface area (Å²) in [4.78, 5) is 13.0. The Morgan fingerprint density at radius 1 is 0.548 bits per heavy atom. The minimum Gasteiger partial charge on any atom is -0.394 e. The first-order valence-electron chi connectivity index (χ1n) is 26.1. The quantitative estimate of drug-likeness (QED) is 0.0216. The first-order valence-corrected chi connectivity index (χ1v) is 26.1. The zero-order chi connectivity index (χ0) is 45.5. The highest BCUT2D eigenvalue weighted by atomic mass is 16.7. The number of carbonyl (C=O) groups is 1. The minimum absolute atomic E-state index is 0.262. The molecule has 0 aromatic carbocycles. The van der Waals surface area contributed by atoms with Crippen LogP contribution < -0.4 is 5.32 Å². The summed E-state index contributed by atoms with van der Waals surface area (Å²) in [6.07, 6.45) is 34.8. The van der Waals surface area contributed by atoms with Gasteiger partial charge in [-0.05, 0) is 38.5 Å². The van der Waals surface area contributed by atoms with Gasteiger partial charge in [0.1, 0.15) is 36.6 Å². The van der Waals surface area contributed by atoms with Crippen molar-refractivity contribution in [2.45, 2.75) is 294 Å². The maximum Gasteiger partial charge on any atom is 0.249 e. The van der Waals surface area contributed by atoms with E-state index in [2.05, 4.69) is 31.3 Å². The molecule has 1 fully saturated rings. The molecule has 368 valence electrons. The molecule has 1 aliphatic heterocycles. The number of hydrogen-bond donors (Lipinski definition) is 8. The highest BCUT2D eigenvalue weighted by Gasteiger charge is 2.44. The number of aliphatic hydroxyl groups excluding tert-OH is 7. The molecule has 0 aromatic rings. The largest absolute Gasteiger partial charge is 0.394 e. The Balaban J connectivity index is 2.16. The third kappa shape index (κ3) is 30.1. The molecule has 1 amide bonds. The van der Waals surface area contributed by atoms with E-state index < -0.39 is 74.2 Å². The van der Waals surface area contributed by atoms with Crippen molar-refractivity contribution in [2.75, 3.05) is 13.2 Å². The van der Waals surface area contributed by atoms with E-state index >= 15 is 0 Å². The summed E-state index contributed by atoms with van der Waals surface area (Å²) in [7, 11) is 0. The highest BCUT2D eigenvalue weighted by Crippen LogP contribution is 2.23. The SMILES string of the molecule is CCCCCCCCCCCCCC/C=C\CCCCCCCCCCCCCCCC(O)C(=O)NC(COC1OC(CO)C(O)C(O)C1O)C(O)C(O)CCCCCCCC. The fraction of sp³-hybridized carbons (Fsp3) is 0.941. The second kappa shape index (κ2) is 41.3. The fourth-order valence-corrected chi connectivity index (χ4v) is 8.50. The van der Waals surface area contributed by atoms with Gasteiger partial charge in [0.05, 0.1) is 25.4 Å². The minimum atomic E-state index is -1.66. The summed E-state index contributed by atoms with van der Waals surface area (Å²) in [5.74, 6) is -0.699. The van der Waals surface area contributed by atoms with Crippen molar-refractivity contribution in [1.29, 1.82) is 0 Å². The summed E-state index contributed by atoms with van der Waals surface area (Å²) < 4.78 is 11.0. The third-order valence-electron chi connectivity index (χ3n) is 12.8. The molecule has 1 heterocycles. The van der Waals surface area contributed by atoms with Crippen molar-refractivity contribution < 1.29 is 50.0 Å². The van der Waals surface area contributed by atoms with Crippen molar-refractivity contribution in [1.82, 2.24) is 5.32 Å². The number of allylic oxidation sites excluding steroid dienone is 2. The zero-order valence-corrected chi connectivity index (χ0v) is 39.9. The van der Waals surface area contributed by atoms with Gasteiger partial charge in [0.15, 0.2) is 6.29 Å². The summed E-state index contributed by atoms with van der Waals surface area (Å²) in [5.41, 5.74) is 0. The second-order valence-corrected chi connectivity index (χ2v) is 18.6. The number of nitrogens with one attached hydrogen (secondary N) is 1. The first-order chi connectivity index (χ1) is 30.2. The molecule has 8 N–H and O–H groups in total. The molecule has 0 saturated carbocycles. The fourth-order valence-electron chi connectivity index (χ4n) is 8.50. The molecule has 11 heteroatoms. The molecule has 0 aliphatic carbocycles. The zero-order valence-electron chi connectivity index (χ0n) is 39.9. The summed E-state index contributed by atoms with van der Waals surface area (Å²) >= 11 is 0. The summed E-state index contributed by atoms with van der Waals surface area (Å²) in [6.45, 7) is 3.37. The number of hydrogen-bond acceptors (Lipinski definition) is 10. The van der Waals surface area contributed by atoms with Gasteiger partial charge in [0.2, 0.25) is 5.91 Å². The van der Waals surface area contributed by atoms with E-state index in [1.54, 1.807) is 0 Å². The Kier molecular flexibility index (Phi) is 39.2. The lowest BCUT2D eigenvalue weighted by Gasteiger charge is -2.40. The van der Waals surface area contributed by atoms with E-state index in [-0.39, 0.29) is 6.42 Å². The topological polar surface area (TPSA) is 189 Å². The van der Waals surface area contributed by atoms with Gasteiger partial charge < -0.3 is 50.5 Å². The van der Waals surface area contributed by atoms with Crippen molar-refractivity contribution in [2.24, 2.45) is 0 Å². The predicted molar refractivity (Wildman–Crippen MR) is 252 cm³/mol. The molecule has 0 radical (unpaired) electrons. The average molecular weight is 886 g/mol. The van der Waals surface area contributed by atoms with Crippen LogP contribution in [0.2, 0.25) is 0 Å². The van der Waals surface area contributed by atoms with Crippen LogP contribution in [0.25, 0.3) is 0 Å². The van der Waals surface area contributed by atoms with Crippen LogP contribution in [0.4, 0.5) is 0 Å². The van der Waals surface area contributed by atoms with Gasteiger partial charge in [-0.1, -0.05) is 212 Å². The Labute approximate surface area is 379 Å². The molecule has 9 atom stereocenters. The Bertz CT molecular complexity index is 1020. The average Bonchev–Trinajstić information content (AvgIpc) is 3.27. The van der Waals surface area contributed by atoms with Crippen LogP contribution in [-0.4, -0.2) is 110 Å². The van der Waals surface area contributed by atoms with Gasteiger partial charge in [-0.15, -0.1) is 0 Å². The number of unbranched alkanes of at least 4 members (excludes halogenated alkanes) is 30. The molecule has 0 bridgehead atoms. The molecular weight excluding hydrogens is 787 g/mol. The summed E-state index contributed by atoms with van der Waals surface area (Å²) in [5, 5.41) is 75.3. The molecule has 1 aliphatic rings. The van der Waals surface area contributed by atoms with Crippen molar-refractivity contribution in [3.63, 3.8) is 0 Å². The molecule has 11 nitrogen and oxygen atoms in total. The smallest absolute Gasteiger partial charge is 0.249 e. The Morgan fingerprint density at radius 2 is 0.935 bits per heavy atom. The van der Waals surface area contributed by atoms with Gasteiger partial charge >= 0.3 is 0 Å². The van der Waals surface area contributed by atoms with Crippen LogP contribution in [0.5, 0.6) is 0 Å². The molecule has 0 aromatic heterocycles. The van der Waals surface area contributed by atoms with Gasteiger partial charge in [-0.25, -0.2) is 0 Å². The van der Waals surface area contributed by atoms with E-state index in [9.17, 15) is 40.5 Å². The van der Waals surface area contributed by atoms with Crippen LogP contribution >= 0.6 is 0 Å². The molecule has 1 rings (SSSR count). The van der Waals surface area contributed by atoms with Crippen molar-refractivity contribution >= 4 is 5.91 Å². The van der Waals surface area contributed by atoms with E-state index in [4.69, 9.17) is 9.47 Å². The van der Waals surface area contributed by atoms with Gasteiger partial charge in [0, 0.05) is 0 Å². The second-order valence-electron chi connectivity index (χ2n) is 18.6. The Hall–Kier alpha value is -1.15. The summed E-state index contributed by atoms with van der Waals surface area (Å²) in [6, 6.07) is -1.16. The molecule has 1 saturated heterocycles. The number of rotatable bonds is 44. The van der Waals surface area contributed by atoms with Gasteiger partial charge in [-0.2, -0.15) is 0 Å². The van der Waals surface area contributed by atoms with Crippen molar-refractivity contribution in [3.05, 3.63) is 12.2 Å². The van der Waals surface area contributed by atoms with Crippen LogP contribution in [0, 0.1) is 0 Å². The van der Waals surface area contributed by atoms with E-state index in [0.29, 0.717) is 19.3 Å². The highest BCUT2D eigenvalue weighted by molar-refractivity contribution is 5.80. The molecule has 62 heavy (non-hydrogen) atoms. The van der Waals surface area contributed by atoms with Crippen LogP contribution in [0.1, 0.15) is 239 Å². The first kappa shape index (κ1) is 58.9. The van der Waals surface area contributed by atoms with Gasteiger partial charge in [0.25, 0.3) is 0 Å². The number of carbonyl (C=O) groups excluding carboxylic acids is 1. The lowest BCUT2D eigenvalue weighted by molar-refractivity contribution is -0.303. The third-order valence-corrected chi connectivity index (χ3v) is 12.8. The maximum atomic E-state index is 13.0. The molecular formula is C51H99NO10. The molecule has 9 unspecified atom stereocenters. The standard InChI is InChI=1S/C51H99NO10/c1-3-5-7-9-11-12-13-14-15-16-17-18-19-20-21-22-23-24-25-26-27-28-29-30-31-32-33-35-37-39-44(55)50(60)52-42(46(56)43(54)38-36-34-10-8-6-4-2)41-61-51-49(59)48(58)47(57)45(40-53)62-51/h20-21,42-49,51,53-59H,3-19,22-41H2,1-2H3,(H,52,60)/b21-20-. The Morgan fingerprint density at radius 3 is 1.35 bits per heavy atom. The van der Waals surface area contributed by atoms with Crippen LogP contribution in [0.15, 0.2) is 12.2 Å². The number of ether oxygens (including phenoxy) is 2. The van der Waals surface area contributed by atoms with Crippen molar-refractivity contribution in [3.8, 4) is 0 Å². The number of amides is 1. The van der Waals surface area contributed by atoms with E-state index in [1.165, 1.54) is 148 Å². The maximum absolute atomic E-state index is 13.0. The van der Waals surface area contributed by atoms with Crippen LogP contribution in [-0.2, 0) is 14.3 Å². The monoisotopic (exact) mass is 886 g/mol. The molecule has 0 spiro atoms.